The number of pyridine rings is 1. The molecule has 0 aliphatic heterocycles. The zero-order chi connectivity index (χ0) is 28.9. The van der Waals surface area contributed by atoms with Gasteiger partial charge in [0.05, 0.1) is 22.5 Å². The number of nitrogens with zero attached hydrogens (tertiary/aromatic N) is 4. The third-order valence-electron chi connectivity index (χ3n) is 6.43. The van der Waals surface area contributed by atoms with Crippen LogP contribution < -0.4 is 4.74 Å². The second-order valence-electron chi connectivity index (χ2n) is 8.68. The highest BCUT2D eigenvalue weighted by molar-refractivity contribution is 7.89. The number of ether oxygens (including phenoxy) is 1. The number of fused-ring (bicyclic) bond motifs is 1. The Morgan fingerprint density at radius 2 is 1.85 bits per heavy atom. The number of alkyl halides is 7. The second kappa shape index (κ2) is 10.3. The van der Waals surface area contributed by atoms with E-state index in [1.807, 2.05) is 6.07 Å². The molecular formula is C23H18F8N4O3S. The highest BCUT2D eigenvalue weighted by Gasteiger charge is 2.49. The Morgan fingerprint density at radius 1 is 1.18 bits per heavy atom. The molecule has 1 aliphatic rings. The number of sulfonamides is 1. The van der Waals surface area contributed by atoms with Crippen molar-refractivity contribution in [2.45, 2.75) is 62.5 Å². The summed E-state index contributed by atoms with van der Waals surface area (Å²) >= 11 is 0. The summed E-state index contributed by atoms with van der Waals surface area (Å²) < 4.78 is 136. The monoisotopic (exact) mass is 582 g/mol. The number of hydrogen-bond donors (Lipinski definition) is 0. The van der Waals surface area contributed by atoms with Crippen molar-refractivity contribution >= 4 is 20.9 Å². The molecule has 0 bridgehead atoms. The fraction of sp³-hybridized carbons (Fsp3) is 0.391. The Bertz CT molecular complexity index is 1530. The quantitative estimate of drug-likeness (QED) is 0.233. The van der Waals surface area contributed by atoms with Gasteiger partial charge in [-0.2, -0.15) is 36.0 Å². The Morgan fingerprint density at radius 3 is 2.31 bits per heavy atom. The van der Waals surface area contributed by atoms with Crippen LogP contribution >= 0.6 is 0 Å². The van der Waals surface area contributed by atoms with Crippen LogP contribution in [0, 0.1) is 17.1 Å². The van der Waals surface area contributed by atoms with Gasteiger partial charge in [0.2, 0.25) is 10.0 Å². The number of benzene rings is 1. The van der Waals surface area contributed by atoms with Crippen LogP contribution in [0.2, 0.25) is 0 Å². The van der Waals surface area contributed by atoms with Crippen LogP contribution in [0.15, 0.2) is 35.4 Å². The largest absolute Gasteiger partial charge is 0.432 e. The summed E-state index contributed by atoms with van der Waals surface area (Å²) in [6.07, 6.45) is -2.76. The molecule has 0 amide bonds. The third-order valence-corrected chi connectivity index (χ3v) is 8.29. The number of aromatic nitrogens is 2. The van der Waals surface area contributed by atoms with E-state index < -0.39 is 56.2 Å². The van der Waals surface area contributed by atoms with Gasteiger partial charge in [-0.1, -0.05) is 0 Å². The lowest BCUT2D eigenvalue weighted by atomic mass is 9.92. The van der Waals surface area contributed by atoms with Crippen molar-refractivity contribution in [1.29, 1.82) is 5.26 Å². The first-order valence-electron chi connectivity index (χ1n) is 11.3. The van der Waals surface area contributed by atoms with Gasteiger partial charge < -0.3 is 9.30 Å². The topological polar surface area (TPSA) is 88.2 Å². The van der Waals surface area contributed by atoms with Crippen LogP contribution in [0.3, 0.4) is 0 Å². The first-order valence-corrected chi connectivity index (χ1v) is 12.7. The molecular weight excluding hydrogens is 564 g/mol. The van der Waals surface area contributed by atoms with E-state index in [0.29, 0.717) is 19.0 Å². The van der Waals surface area contributed by atoms with Gasteiger partial charge in [-0.25, -0.2) is 12.8 Å². The standard InChI is InChI=1S/C23H18F8N4O3S/c1-11(23(29,30)31)35(21(25)26)39(36,37)13-5-6-17(33-10-13)20-15(9-32)14-7-16(24)19(38-22(27)28)8-18(14)34(20)12-3-2-4-12/h5-8,10-12,21-22H,2-4H2,1H3. The van der Waals surface area contributed by atoms with E-state index in [-0.39, 0.29) is 40.8 Å². The van der Waals surface area contributed by atoms with Crippen LogP contribution in [0.1, 0.15) is 37.8 Å². The number of rotatable bonds is 8. The Hall–Kier alpha value is -3.45. The zero-order valence-corrected chi connectivity index (χ0v) is 20.6. The van der Waals surface area contributed by atoms with Gasteiger partial charge in [0, 0.05) is 23.7 Å². The van der Waals surface area contributed by atoms with Crippen LogP contribution in [0.25, 0.3) is 22.3 Å². The number of nitriles is 1. The third kappa shape index (κ3) is 5.12. The van der Waals surface area contributed by atoms with Crippen molar-refractivity contribution in [3.8, 4) is 23.2 Å². The van der Waals surface area contributed by atoms with E-state index in [9.17, 15) is 48.8 Å². The molecule has 2 aromatic heterocycles. The molecule has 0 saturated heterocycles. The molecule has 1 aromatic carbocycles. The normalized spacial score (nSPS) is 15.7. The SMILES string of the molecule is CC(N(C(F)F)S(=O)(=O)c1ccc(-c2c(C#N)c3cc(F)c(OC(F)F)cc3n2C2CCC2)nc1)C(F)(F)F. The minimum absolute atomic E-state index is 0.0277. The van der Waals surface area contributed by atoms with E-state index >= 15 is 0 Å². The lowest BCUT2D eigenvalue weighted by Gasteiger charge is -2.30. The summed E-state index contributed by atoms with van der Waals surface area (Å²) in [6, 6.07) is 2.16. The fourth-order valence-corrected chi connectivity index (χ4v) is 5.72. The molecule has 39 heavy (non-hydrogen) atoms. The van der Waals surface area contributed by atoms with Gasteiger partial charge in [0.15, 0.2) is 11.6 Å². The molecule has 1 aliphatic carbocycles. The zero-order valence-electron chi connectivity index (χ0n) is 19.8. The van der Waals surface area contributed by atoms with E-state index in [2.05, 4.69) is 9.72 Å². The summed E-state index contributed by atoms with van der Waals surface area (Å²) in [5.74, 6) is -1.94. The van der Waals surface area contributed by atoms with Crippen molar-refractivity contribution in [3.63, 3.8) is 0 Å². The summed E-state index contributed by atoms with van der Waals surface area (Å²) in [5, 5.41) is 9.89. The molecule has 2 heterocycles. The molecule has 7 nitrogen and oxygen atoms in total. The Labute approximate surface area is 216 Å². The van der Waals surface area contributed by atoms with E-state index in [4.69, 9.17) is 0 Å². The average Bonchev–Trinajstić information content (AvgIpc) is 3.09. The minimum Gasteiger partial charge on any atom is -0.432 e. The smallest absolute Gasteiger partial charge is 0.405 e. The van der Waals surface area contributed by atoms with E-state index in [1.54, 1.807) is 4.57 Å². The molecule has 1 atom stereocenters. The highest BCUT2D eigenvalue weighted by atomic mass is 32.2. The molecule has 0 N–H and O–H groups in total. The van der Waals surface area contributed by atoms with Crippen molar-refractivity contribution < 1.29 is 48.3 Å². The molecule has 1 unspecified atom stereocenters. The Kier molecular flexibility index (Phi) is 7.52. The summed E-state index contributed by atoms with van der Waals surface area (Å²) in [4.78, 5) is 2.96. The highest BCUT2D eigenvalue weighted by Crippen LogP contribution is 2.44. The fourth-order valence-electron chi connectivity index (χ4n) is 4.31. The molecule has 1 fully saturated rings. The molecule has 1 saturated carbocycles. The number of hydrogen-bond acceptors (Lipinski definition) is 5. The molecule has 210 valence electrons. The summed E-state index contributed by atoms with van der Waals surface area (Å²) in [6.45, 7) is -7.08. The van der Waals surface area contributed by atoms with Gasteiger partial charge >= 0.3 is 19.3 Å². The lowest BCUT2D eigenvalue weighted by molar-refractivity contribution is -0.186. The first kappa shape index (κ1) is 28.6. The van der Waals surface area contributed by atoms with Gasteiger partial charge in [-0.15, -0.1) is 4.31 Å². The Balaban J connectivity index is 1.87. The first-order chi connectivity index (χ1) is 18.2. The maximum atomic E-state index is 14.5. The summed E-state index contributed by atoms with van der Waals surface area (Å²) in [5.41, 5.74) is -0.00555. The van der Waals surface area contributed by atoms with Crippen molar-refractivity contribution in [2.75, 3.05) is 0 Å². The predicted octanol–water partition coefficient (Wildman–Crippen LogP) is 6.20. The molecule has 16 heteroatoms. The van der Waals surface area contributed by atoms with Crippen LogP contribution in [-0.2, 0) is 10.0 Å². The molecule has 3 aromatic rings. The predicted molar refractivity (Wildman–Crippen MR) is 120 cm³/mol. The van der Waals surface area contributed by atoms with Gasteiger partial charge in [-0.3, -0.25) is 4.98 Å². The van der Waals surface area contributed by atoms with Gasteiger partial charge in [-0.05, 0) is 44.4 Å². The average molecular weight is 582 g/mol. The van der Waals surface area contributed by atoms with Crippen LogP contribution in [0.5, 0.6) is 5.75 Å². The molecule has 0 spiro atoms. The van der Waals surface area contributed by atoms with Crippen molar-refractivity contribution in [3.05, 3.63) is 41.8 Å². The van der Waals surface area contributed by atoms with E-state index in [1.165, 1.54) is 0 Å². The van der Waals surface area contributed by atoms with Crippen LogP contribution in [0.4, 0.5) is 35.1 Å². The second-order valence-corrected chi connectivity index (χ2v) is 10.5. The number of halogens is 8. The van der Waals surface area contributed by atoms with Gasteiger partial charge in [0.25, 0.3) is 0 Å². The van der Waals surface area contributed by atoms with Crippen molar-refractivity contribution in [1.82, 2.24) is 13.9 Å². The summed E-state index contributed by atoms with van der Waals surface area (Å²) in [7, 11) is -5.37. The minimum atomic E-state index is -5.37. The molecule has 0 radical (unpaired) electrons. The lowest BCUT2D eigenvalue weighted by Crippen LogP contribution is -2.49. The van der Waals surface area contributed by atoms with Gasteiger partial charge in [0.1, 0.15) is 17.0 Å². The maximum Gasteiger partial charge on any atom is 0.405 e. The van der Waals surface area contributed by atoms with E-state index in [0.717, 1.165) is 30.7 Å². The molecule has 4 rings (SSSR count). The maximum absolute atomic E-state index is 14.5. The van der Waals surface area contributed by atoms with Crippen LogP contribution in [-0.4, -0.2) is 47.7 Å². The van der Waals surface area contributed by atoms with Crippen molar-refractivity contribution in [2.24, 2.45) is 0 Å².